The Morgan fingerprint density at radius 1 is 1.00 bits per heavy atom. The van der Waals surface area contributed by atoms with E-state index in [0.29, 0.717) is 17.0 Å². The van der Waals surface area contributed by atoms with Crippen molar-refractivity contribution in [3.8, 4) is 5.75 Å². The minimum absolute atomic E-state index is 0.107. The number of ether oxygens (including phenoxy) is 1. The van der Waals surface area contributed by atoms with Crippen LogP contribution in [0.25, 0.3) is 0 Å². The summed E-state index contributed by atoms with van der Waals surface area (Å²) in [6.07, 6.45) is 6.54. The van der Waals surface area contributed by atoms with Crippen molar-refractivity contribution in [3.63, 3.8) is 0 Å². The quantitative estimate of drug-likeness (QED) is 0.751. The van der Waals surface area contributed by atoms with Crippen LogP contribution < -0.4 is 15.4 Å². The lowest BCUT2D eigenvalue weighted by Gasteiger charge is -2.23. The second-order valence-electron chi connectivity index (χ2n) is 7.19. The molecule has 0 spiro atoms. The maximum absolute atomic E-state index is 12.7. The Balaban J connectivity index is 1.57. The summed E-state index contributed by atoms with van der Waals surface area (Å²) in [7, 11) is 0. The number of benzene rings is 2. The number of aryl methyl sites for hydroxylation is 1. The Morgan fingerprint density at radius 3 is 2.43 bits per heavy atom. The molecule has 0 unspecified atom stereocenters. The van der Waals surface area contributed by atoms with Gasteiger partial charge in [-0.05, 0) is 49.1 Å². The predicted molar refractivity (Wildman–Crippen MR) is 111 cm³/mol. The molecule has 0 aliphatic heterocycles. The van der Waals surface area contributed by atoms with E-state index in [1.165, 1.54) is 12.0 Å². The Morgan fingerprint density at radius 2 is 1.71 bits per heavy atom. The minimum Gasteiger partial charge on any atom is -0.484 e. The molecule has 2 N–H and O–H groups in total. The monoisotopic (exact) mass is 380 g/mol. The van der Waals surface area contributed by atoms with Crippen LogP contribution in [-0.2, 0) is 11.2 Å². The Hall–Kier alpha value is -2.82. The highest BCUT2D eigenvalue weighted by atomic mass is 16.5. The second kappa shape index (κ2) is 9.93. The van der Waals surface area contributed by atoms with E-state index in [9.17, 15) is 9.59 Å². The molecule has 148 valence electrons. The number of hydrogen-bond donors (Lipinski definition) is 2. The third kappa shape index (κ3) is 5.59. The van der Waals surface area contributed by atoms with Crippen molar-refractivity contribution in [3.05, 3.63) is 59.7 Å². The normalized spacial score (nSPS) is 14.3. The molecule has 2 amide bonds. The molecule has 1 aliphatic rings. The summed E-state index contributed by atoms with van der Waals surface area (Å²) < 4.78 is 5.55. The van der Waals surface area contributed by atoms with Crippen LogP contribution in [0.3, 0.4) is 0 Å². The highest BCUT2D eigenvalue weighted by molar-refractivity contribution is 6.04. The first kappa shape index (κ1) is 19.9. The number of carbonyl (C=O) groups excluding carboxylic acids is 2. The molecule has 28 heavy (non-hydrogen) atoms. The first-order chi connectivity index (χ1) is 13.7. The van der Waals surface area contributed by atoms with Gasteiger partial charge in [0.25, 0.3) is 11.8 Å². The Bertz CT molecular complexity index is 796. The molecule has 0 bridgehead atoms. The summed E-state index contributed by atoms with van der Waals surface area (Å²) in [5.41, 5.74) is 2.20. The van der Waals surface area contributed by atoms with Gasteiger partial charge in [-0.2, -0.15) is 0 Å². The van der Waals surface area contributed by atoms with Crippen LogP contribution in [0.2, 0.25) is 0 Å². The molecule has 1 saturated carbocycles. The zero-order valence-electron chi connectivity index (χ0n) is 16.4. The molecule has 1 fully saturated rings. The average Bonchev–Trinajstić information content (AvgIpc) is 2.73. The van der Waals surface area contributed by atoms with Gasteiger partial charge in [0.05, 0.1) is 11.3 Å². The van der Waals surface area contributed by atoms with Crippen LogP contribution in [0.5, 0.6) is 5.75 Å². The minimum atomic E-state index is -0.294. The van der Waals surface area contributed by atoms with Crippen LogP contribution in [0.4, 0.5) is 5.69 Å². The summed E-state index contributed by atoms with van der Waals surface area (Å²) in [4.78, 5) is 25.0. The molecule has 5 nitrogen and oxygen atoms in total. The van der Waals surface area contributed by atoms with Crippen molar-refractivity contribution >= 4 is 17.5 Å². The van der Waals surface area contributed by atoms with Gasteiger partial charge in [-0.25, -0.2) is 0 Å². The number of para-hydroxylation sites is 1. The number of hydrogen-bond acceptors (Lipinski definition) is 3. The molecule has 0 atom stereocenters. The molecular weight excluding hydrogens is 352 g/mol. The number of anilines is 1. The molecule has 2 aromatic rings. The fourth-order valence-electron chi connectivity index (χ4n) is 3.46. The fourth-order valence-corrected chi connectivity index (χ4v) is 3.46. The van der Waals surface area contributed by atoms with Gasteiger partial charge in [-0.15, -0.1) is 0 Å². The van der Waals surface area contributed by atoms with E-state index >= 15 is 0 Å². The van der Waals surface area contributed by atoms with Gasteiger partial charge in [0.2, 0.25) is 0 Å². The summed E-state index contributed by atoms with van der Waals surface area (Å²) >= 11 is 0. The van der Waals surface area contributed by atoms with Crippen LogP contribution in [0, 0.1) is 0 Å². The molecule has 0 aromatic heterocycles. The standard InChI is InChI=1S/C23H28N2O3/c1-2-17-12-14-19(15-13-17)28-16-22(26)25-21-11-7-6-10-20(21)23(27)24-18-8-4-3-5-9-18/h6-7,10-15,18H,2-5,8-9,16H2,1H3,(H,24,27)(H,25,26). The number of carbonyl (C=O) groups is 2. The molecule has 0 saturated heterocycles. The number of nitrogens with one attached hydrogen (secondary N) is 2. The van der Waals surface area contributed by atoms with Gasteiger partial charge >= 0.3 is 0 Å². The van der Waals surface area contributed by atoms with E-state index in [4.69, 9.17) is 4.74 Å². The van der Waals surface area contributed by atoms with Gasteiger partial charge in [0.1, 0.15) is 5.75 Å². The van der Waals surface area contributed by atoms with Crippen molar-refractivity contribution in [2.75, 3.05) is 11.9 Å². The van der Waals surface area contributed by atoms with E-state index in [1.807, 2.05) is 24.3 Å². The van der Waals surface area contributed by atoms with Crippen LogP contribution in [0.1, 0.15) is 54.9 Å². The lowest BCUT2D eigenvalue weighted by Crippen LogP contribution is -2.36. The van der Waals surface area contributed by atoms with Crippen LogP contribution >= 0.6 is 0 Å². The molecule has 3 rings (SSSR count). The largest absolute Gasteiger partial charge is 0.484 e. The van der Waals surface area contributed by atoms with Crippen molar-refractivity contribution in [1.29, 1.82) is 0 Å². The van der Waals surface area contributed by atoms with Crippen LogP contribution in [0.15, 0.2) is 48.5 Å². The zero-order chi connectivity index (χ0) is 19.8. The lowest BCUT2D eigenvalue weighted by molar-refractivity contribution is -0.118. The van der Waals surface area contributed by atoms with Gasteiger partial charge in [0, 0.05) is 6.04 Å². The molecule has 2 aromatic carbocycles. The lowest BCUT2D eigenvalue weighted by atomic mass is 9.95. The van der Waals surface area contributed by atoms with E-state index < -0.39 is 0 Å². The first-order valence-electron chi connectivity index (χ1n) is 10.1. The topological polar surface area (TPSA) is 67.4 Å². The van der Waals surface area contributed by atoms with Gasteiger partial charge in [-0.3, -0.25) is 9.59 Å². The smallest absolute Gasteiger partial charge is 0.262 e. The first-order valence-corrected chi connectivity index (χ1v) is 10.1. The van der Waals surface area contributed by atoms with Crippen molar-refractivity contribution in [2.24, 2.45) is 0 Å². The maximum Gasteiger partial charge on any atom is 0.262 e. The Kier molecular flexibility index (Phi) is 7.06. The van der Waals surface area contributed by atoms with Gasteiger partial charge < -0.3 is 15.4 Å². The molecule has 1 aliphatic carbocycles. The van der Waals surface area contributed by atoms with E-state index in [0.717, 1.165) is 32.1 Å². The van der Waals surface area contributed by atoms with Gasteiger partial charge in [0.15, 0.2) is 6.61 Å². The molecular formula is C23H28N2O3. The number of rotatable bonds is 7. The SMILES string of the molecule is CCc1ccc(OCC(=O)Nc2ccccc2C(=O)NC2CCCCC2)cc1. The summed E-state index contributed by atoms with van der Waals surface area (Å²) in [5, 5.41) is 5.89. The van der Waals surface area contributed by atoms with Gasteiger partial charge in [-0.1, -0.05) is 50.5 Å². The van der Waals surface area contributed by atoms with Crippen molar-refractivity contribution in [1.82, 2.24) is 5.32 Å². The third-order valence-electron chi connectivity index (χ3n) is 5.09. The van der Waals surface area contributed by atoms with Crippen LogP contribution in [-0.4, -0.2) is 24.5 Å². The Labute approximate surface area is 166 Å². The molecule has 5 heteroatoms. The maximum atomic E-state index is 12.7. The third-order valence-corrected chi connectivity index (χ3v) is 5.09. The van der Waals surface area contributed by atoms with Crippen molar-refractivity contribution in [2.45, 2.75) is 51.5 Å². The van der Waals surface area contributed by atoms with E-state index in [2.05, 4.69) is 17.6 Å². The van der Waals surface area contributed by atoms with E-state index in [-0.39, 0.29) is 24.5 Å². The summed E-state index contributed by atoms with van der Waals surface area (Å²) in [5.74, 6) is 0.215. The fraction of sp³-hybridized carbons (Fsp3) is 0.391. The highest BCUT2D eigenvalue weighted by Gasteiger charge is 2.19. The molecule has 0 radical (unpaired) electrons. The van der Waals surface area contributed by atoms with Crippen molar-refractivity contribution < 1.29 is 14.3 Å². The zero-order valence-corrected chi connectivity index (χ0v) is 16.4. The summed E-state index contributed by atoms with van der Waals surface area (Å²) in [6.45, 7) is 1.98. The second-order valence-corrected chi connectivity index (χ2v) is 7.19. The highest BCUT2D eigenvalue weighted by Crippen LogP contribution is 2.20. The summed E-state index contributed by atoms with van der Waals surface area (Å²) in [6, 6.07) is 15.0. The average molecular weight is 380 g/mol. The van der Waals surface area contributed by atoms with E-state index in [1.54, 1.807) is 24.3 Å². The predicted octanol–water partition coefficient (Wildman–Crippen LogP) is 4.33. The number of amides is 2. The molecule has 0 heterocycles.